The van der Waals surface area contributed by atoms with Crippen molar-refractivity contribution in [2.24, 2.45) is 0 Å². The Labute approximate surface area is 119 Å². The van der Waals surface area contributed by atoms with Gasteiger partial charge < -0.3 is 5.32 Å². The Hall–Kier alpha value is -2.48. The number of hydrogen-bond donors (Lipinski definition) is 2. The van der Waals surface area contributed by atoms with Crippen molar-refractivity contribution < 1.29 is 22.0 Å². The summed E-state index contributed by atoms with van der Waals surface area (Å²) in [5.41, 5.74) is 0.385. The molecule has 2 aromatic rings. The van der Waals surface area contributed by atoms with Gasteiger partial charge in [-0.3, -0.25) is 0 Å². The Morgan fingerprint density at radius 1 is 0.952 bits per heavy atom. The first-order chi connectivity index (χ1) is 9.88. The van der Waals surface area contributed by atoms with E-state index in [0.29, 0.717) is 17.8 Å². The first-order valence-electron chi connectivity index (χ1n) is 5.72. The topological polar surface area (TPSA) is 75.3 Å². The van der Waals surface area contributed by atoms with Crippen LogP contribution in [0.15, 0.2) is 53.4 Å². The summed E-state index contributed by atoms with van der Waals surface area (Å²) in [6, 6.07) is 9.15. The highest BCUT2D eigenvalue weighted by molar-refractivity contribution is 7.90. The van der Waals surface area contributed by atoms with E-state index in [0.717, 1.165) is 6.07 Å². The van der Waals surface area contributed by atoms with E-state index in [2.05, 4.69) is 5.32 Å². The maximum Gasteiger partial charge on any atom is 0.333 e. The second kappa shape index (κ2) is 5.88. The van der Waals surface area contributed by atoms with Crippen molar-refractivity contribution in [2.45, 2.75) is 4.90 Å². The predicted molar refractivity (Wildman–Crippen MR) is 72.1 cm³/mol. The van der Waals surface area contributed by atoms with Gasteiger partial charge in [-0.2, -0.15) is 0 Å². The van der Waals surface area contributed by atoms with Gasteiger partial charge in [0.2, 0.25) is 0 Å². The fourth-order valence-electron chi connectivity index (χ4n) is 1.50. The highest BCUT2D eigenvalue weighted by atomic mass is 32.2. The molecule has 0 aromatic heterocycles. The molecule has 0 aliphatic carbocycles. The molecule has 2 N–H and O–H groups in total. The molecule has 0 heterocycles. The lowest BCUT2D eigenvalue weighted by molar-refractivity contribution is 0.256. The first kappa shape index (κ1) is 14.9. The number of hydrogen-bond acceptors (Lipinski definition) is 3. The van der Waals surface area contributed by atoms with Crippen molar-refractivity contribution in [3.8, 4) is 0 Å². The minimum Gasteiger partial charge on any atom is -0.307 e. The van der Waals surface area contributed by atoms with Crippen LogP contribution in [0.1, 0.15) is 0 Å². The number of urea groups is 1. The third-order valence-corrected chi connectivity index (χ3v) is 3.79. The van der Waals surface area contributed by atoms with Crippen molar-refractivity contribution >= 4 is 21.7 Å². The number of amides is 2. The number of carbonyl (C=O) groups excluding carboxylic acids is 1. The van der Waals surface area contributed by atoms with Crippen molar-refractivity contribution in [3.63, 3.8) is 0 Å². The van der Waals surface area contributed by atoms with Gasteiger partial charge >= 0.3 is 6.03 Å². The zero-order valence-electron chi connectivity index (χ0n) is 10.5. The quantitative estimate of drug-likeness (QED) is 0.914. The van der Waals surface area contributed by atoms with E-state index in [1.54, 1.807) is 35.1 Å². The number of nitrogens with one attached hydrogen (secondary N) is 2. The van der Waals surface area contributed by atoms with Crippen LogP contribution < -0.4 is 10.0 Å². The van der Waals surface area contributed by atoms with Gasteiger partial charge in [-0.05, 0) is 30.3 Å². The number of benzene rings is 2. The molecule has 5 nitrogen and oxygen atoms in total. The molecule has 0 bridgehead atoms. The highest BCUT2D eigenvalue weighted by Crippen LogP contribution is 2.14. The number of anilines is 1. The maximum atomic E-state index is 13.0. The van der Waals surface area contributed by atoms with Crippen LogP contribution in [0.4, 0.5) is 19.3 Å². The number of sulfonamides is 1. The number of carbonyl (C=O) groups is 1. The van der Waals surface area contributed by atoms with Crippen LogP contribution in [0.3, 0.4) is 0 Å². The van der Waals surface area contributed by atoms with Crippen LogP contribution >= 0.6 is 0 Å². The maximum absolute atomic E-state index is 13.0. The van der Waals surface area contributed by atoms with E-state index in [1.165, 1.54) is 0 Å². The fraction of sp³-hybridized carbons (Fsp3) is 0. The summed E-state index contributed by atoms with van der Waals surface area (Å²) in [5.74, 6) is -2.50. The first-order valence-corrected chi connectivity index (χ1v) is 7.21. The van der Waals surface area contributed by atoms with Gasteiger partial charge in [0.1, 0.15) is 0 Å². The van der Waals surface area contributed by atoms with Gasteiger partial charge in [0.05, 0.1) is 4.90 Å². The van der Waals surface area contributed by atoms with Crippen molar-refractivity contribution in [3.05, 3.63) is 60.2 Å². The molecule has 0 radical (unpaired) electrons. The van der Waals surface area contributed by atoms with Gasteiger partial charge in [-0.15, -0.1) is 0 Å². The summed E-state index contributed by atoms with van der Waals surface area (Å²) in [6.45, 7) is 0. The Morgan fingerprint density at radius 3 is 2.24 bits per heavy atom. The molecule has 0 fully saturated rings. The Bertz CT molecular complexity index is 764. The summed E-state index contributed by atoms with van der Waals surface area (Å²) in [5, 5.41) is 2.30. The number of para-hydroxylation sites is 1. The van der Waals surface area contributed by atoms with Gasteiger partial charge in [0.25, 0.3) is 10.0 Å². The van der Waals surface area contributed by atoms with E-state index in [1.807, 2.05) is 0 Å². The average molecular weight is 312 g/mol. The van der Waals surface area contributed by atoms with Crippen molar-refractivity contribution in [1.29, 1.82) is 0 Å². The van der Waals surface area contributed by atoms with Crippen LogP contribution in [-0.2, 0) is 10.0 Å². The van der Waals surface area contributed by atoms with Crippen LogP contribution in [0.2, 0.25) is 0 Å². The third-order valence-electron chi connectivity index (χ3n) is 2.46. The second-order valence-electron chi connectivity index (χ2n) is 4.00. The second-order valence-corrected chi connectivity index (χ2v) is 5.68. The highest BCUT2D eigenvalue weighted by Gasteiger charge is 2.19. The zero-order chi connectivity index (χ0) is 15.5. The molecule has 0 atom stereocenters. The van der Waals surface area contributed by atoms with Gasteiger partial charge in [-0.1, -0.05) is 18.2 Å². The monoisotopic (exact) mass is 312 g/mol. The molecule has 110 valence electrons. The Morgan fingerprint density at radius 2 is 1.62 bits per heavy atom. The minimum atomic E-state index is -4.29. The molecule has 0 unspecified atom stereocenters. The summed E-state index contributed by atoms with van der Waals surface area (Å²) in [6.07, 6.45) is 0. The molecular weight excluding hydrogens is 302 g/mol. The molecule has 0 aliphatic heterocycles. The fourth-order valence-corrected chi connectivity index (χ4v) is 2.42. The standard InChI is InChI=1S/C13H10F2N2O3S/c14-11-7-6-10(8-12(11)15)21(19,20)17-13(18)16-9-4-2-1-3-5-9/h1-8H,(H2,16,17,18). The molecule has 0 aliphatic rings. The van der Waals surface area contributed by atoms with Crippen LogP contribution in [0.5, 0.6) is 0 Å². The normalized spacial score (nSPS) is 11.0. The third kappa shape index (κ3) is 3.76. The Kier molecular flexibility index (Phi) is 4.18. The molecular formula is C13H10F2N2O3S. The average Bonchev–Trinajstić information content (AvgIpc) is 2.42. The number of halogens is 2. The van der Waals surface area contributed by atoms with E-state index in [9.17, 15) is 22.0 Å². The van der Waals surface area contributed by atoms with Crippen molar-refractivity contribution in [2.75, 3.05) is 5.32 Å². The van der Waals surface area contributed by atoms with Gasteiger partial charge in [-0.25, -0.2) is 26.7 Å². The lowest BCUT2D eigenvalue weighted by Crippen LogP contribution is -2.34. The lowest BCUT2D eigenvalue weighted by Gasteiger charge is -2.08. The summed E-state index contributed by atoms with van der Waals surface area (Å²) in [4.78, 5) is 11.0. The van der Waals surface area contributed by atoms with E-state index < -0.39 is 32.6 Å². The molecule has 2 amide bonds. The molecule has 0 saturated heterocycles. The van der Waals surface area contributed by atoms with Crippen LogP contribution in [0, 0.1) is 11.6 Å². The largest absolute Gasteiger partial charge is 0.333 e. The van der Waals surface area contributed by atoms with Crippen LogP contribution in [-0.4, -0.2) is 14.4 Å². The van der Waals surface area contributed by atoms with Crippen LogP contribution in [0.25, 0.3) is 0 Å². The molecule has 8 heteroatoms. The van der Waals surface area contributed by atoms with Gasteiger partial charge in [0.15, 0.2) is 11.6 Å². The minimum absolute atomic E-state index is 0.385. The number of rotatable bonds is 3. The molecule has 2 aromatic carbocycles. The predicted octanol–water partition coefficient (Wildman–Crippen LogP) is 2.48. The molecule has 0 spiro atoms. The van der Waals surface area contributed by atoms with Crippen molar-refractivity contribution in [1.82, 2.24) is 4.72 Å². The molecule has 21 heavy (non-hydrogen) atoms. The zero-order valence-corrected chi connectivity index (χ0v) is 11.3. The summed E-state index contributed by atoms with van der Waals surface area (Å²) in [7, 11) is -4.29. The summed E-state index contributed by atoms with van der Waals surface area (Å²) < 4.78 is 51.2. The van der Waals surface area contributed by atoms with E-state index in [4.69, 9.17) is 0 Å². The van der Waals surface area contributed by atoms with E-state index >= 15 is 0 Å². The summed E-state index contributed by atoms with van der Waals surface area (Å²) >= 11 is 0. The smallest absolute Gasteiger partial charge is 0.307 e. The molecule has 0 saturated carbocycles. The lowest BCUT2D eigenvalue weighted by atomic mass is 10.3. The Balaban J connectivity index is 2.13. The van der Waals surface area contributed by atoms with E-state index in [-0.39, 0.29) is 0 Å². The molecule has 2 rings (SSSR count). The van der Waals surface area contributed by atoms with Gasteiger partial charge in [0, 0.05) is 5.69 Å². The SMILES string of the molecule is O=C(Nc1ccccc1)NS(=O)(=O)c1ccc(F)c(F)c1.